The lowest BCUT2D eigenvalue weighted by molar-refractivity contribution is -0.384. The molecule has 3 saturated heterocycles. The van der Waals surface area contributed by atoms with Crippen molar-refractivity contribution in [2.75, 3.05) is 4.90 Å². The summed E-state index contributed by atoms with van der Waals surface area (Å²) in [4.78, 5) is 38.0. The number of nitro benzene ring substituents is 1. The minimum atomic E-state index is -0.563. The van der Waals surface area contributed by atoms with Gasteiger partial charge in [-0.1, -0.05) is 18.2 Å². The first-order chi connectivity index (χ1) is 13.9. The molecule has 148 valence electrons. The Morgan fingerprint density at radius 1 is 1.07 bits per heavy atom. The lowest BCUT2D eigenvalue weighted by Gasteiger charge is -2.18. The Labute approximate surface area is 166 Å². The molecule has 2 aromatic rings. The molecule has 3 aliphatic heterocycles. The van der Waals surface area contributed by atoms with Gasteiger partial charge in [-0.05, 0) is 31.4 Å². The predicted octanol–water partition coefficient (Wildman–Crippen LogP) is 3.36. The maximum atomic E-state index is 13.0. The highest BCUT2D eigenvalue weighted by atomic mass is 16.6. The molecule has 8 heteroatoms. The van der Waals surface area contributed by atoms with Crippen molar-refractivity contribution in [1.82, 2.24) is 0 Å². The third-order valence-corrected chi connectivity index (χ3v) is 5.95. The summed E-state index contributed by atoms with van der Waals surface area (Å²) in [5.74, 6) is -0.965. The normalized spacial score (nSPS) is 27.4. The largest absolute Gasteiger partial charge is 0.457 e. The summed E-state index contributed by atoms with van der Waals surface area (Å²) >= 11 is 0. The summed E-state index contributed by atoms with van der Waals surface area (Å²) in [6, 6.07) is 11.3. The lowest BCUT2D eigenvalue weighted by atomic mass is 9.81. The minimum Gasteiger partial charge on any atom is -0.457 e. The first kappa shape index (κ1) is 17.8. The van der Waals surface area contributed by atoms with Crippen LogP contribution < -0.4 is 9.64 Å². The Bertz CT molecular complexity index is 1020. The average Bonchev–Trinajstić information content (AvgIpc) is 3.37. The van der Waals surface area contributed by atoms with Crippen LogP contribution in [0.2, 0.25) is 0 Å². The molecule has 3 fully saturated rings. The van der Waals surface area contributed by atoms with E-state index in [2.05, 4.69) is 0 Å². The molecule has 0 saturated carbocycles. The number of carbonyl (C=O) groups is 2. The highest BCUT2D eigenvalue weighted by molar-refractivity contribution is 6.23. The number of nitro groups is 1. The highest BCUT2D eigenvalue weighted by Gasteiger charge is 2.62. The number of para-hydroxylation sites is 1. The van der Waals surface area contributed by atoms with Gasteiger partial charge in [0.05, 0.1) is 40.7 Å². The number of nitrogens with zero attached hydrogens (tertiary/aromatic N) is 2. The number of non-ortho nitro benzene ring substituents is 1. The van der Waals surface area contributed by atoms with Crippen molar-refractivity contribution in [1.29, 1.82) is 0 Å². The second-order valence-electron chi connectivity index (χ2n) is 7.66. The molecule has 5 rings (SSSR count). The number of carbonyl (C=O) groups excluding carboxylic acids is 2. The van der Waals surface area contributed by atoms with E-state index in [4.69, 9.17) is 9.47 Å². The van der Waals surface area contributed by atoms with Crippen LogP contribution in [0.5, 0.6) is 11.5 Å². The van der Waals surface area contributed by atoms with Gasteiger partial charge in [0, 0.05) is 12.1 Å². The van der Waals surface area contributed by atoms with Gasteiger partial charge in [-0.15, -0.1) is 0 Å². The third-order valence-electron chi connectivity index (χ3n) is 5.95. The minimum absolute atomic E-state index is 0.159. The molecule has 0 radical (unpaired) electrons. The number of amides is 2. The van der Waals surface area contributed by atoms with Crippen molar-refractivity contribution in [3.05, 3.63) is 58.1 Å². The van der Waals surface area contributed by atoms with E-state index in [-0.39, 0.29) is 41.1 Å². The van der Waals surface area contributed by atoms with E-state index in [1.807, 2.05) is 19.1 Å². The Balaban J connectivity index is 1.54. The Morgan fingerprint density at radius 3 is 2.34 bits per heavy atom. The molecular weight excluding hydrogens is 376 g/mol. The highest BCUT2D eigenvalue weighted by Crippen LogP contribution is 2.50. The predicted molar refractivity (Wildman–Crippen MR) is 102 cm³/mol. The van der Waals surface area contributed by atoms with Crippen LogP contribution in [0.4, 0.5) is 11.4 Å². The smallest absolute Gasteiger partial charge is 0.275 e. The van der Waals surface area contributed by atoms with Gasteiger partial charge in [0.1, 0.15) is 11.5 Å². The molecule has 0 spiro atoms. The van der Waals surface area contributed by atoms with Crippen LogP contribution in [0.1, 0.15) is 18.4 Å². The van der Waals surface area contributed by atoms with Gasteiger partial charge in [-0.25, -0.2) is 4.90 Å². The van der Waals surface area contributed by atoms with Gasteiger partial charge >= 0.3 is 0 Å². The van der Waals surface area contributed by atoms with E-state index in [0.717, 1.165) is 23.3 Å². The van der Waals surface area contributed by atoms with Crippen molar-refractivity contribution in [2.45, 2.75) is 32.0 Å². The molecule has 3 aliphatic rings. The molecule has 0 N–H and O–H groups in total. The van der Waals surface area contributed by atoms with Crippen LogP contribution in [0.3, 0.4) is 0 Å². The summed E-state index contributed by atoms with van der Waals surface area (Å²) in [5, 5.41) is 11.5. The van der Waals surface area contributed by atoms with Crippen molar-refractivity contribution >= 4 is 23.2 Å². The molecule has 29 heavy (non-hydrogen) atoms. The Kier molecular flexibility index (Phi) is 3.92. The first-order valence-corrected chi connectivity index (χ1v) is 9.50. The van der Waals surface area contributed by atoms with Gasteiger partial charge in [0.25, 0.3) is 5.69 Å². The molecule has 2 aromatic carbocycles. The molecule has 0 unspecified atom stereocenters. The Hall–Kier alpha value is -3.26. The van der Waals surface area contributed by atoms with E-state index in [1.165, 1.54) is 18.2 Å². The number of aryl methyl sites for hydroxylation is 1. The van der Waals surface area contributed by atoms with Crippen molar-refractivity contribution in [3.63, 3.8) is 0 Å². The summed E-state index contributed by atoms with van der Waals surface area (Å²) in [5.41, 5.74) is 0.770. The van der Waals surface area contributed by atoms with Crippen LogP contribution >= 0.6 is 0 Å². The number of hydrogen-bond donors (Lipinski definition) is 0. The zero-order valence-electron chi connectivity index (χ0n) is 15.6. The van der Waals surface area contributed by atoms with Gasteiger partial charge in [0.15, 0.2) is 0 Å². The van der Waals surface area contributed by atoms with Gasteiger partial charge in [-0.2, -0.15) is 0 Å². The monoisotopic (exact) mass is 394 g/mol. The number of fused-ring (bicyclic) bond motifs is 5. The number of ether oxygens (including phenoxy) is 2. The second-order valence-corrected chi connectivity index (χ2v) is 7.66. The van der Waals surface area contributed by atoms with E-state index in [1.54, 1.807) is 12.1 Å². The molecular formula is C21H18N2O6. The van der Waals surface area contributed by atoms with Crippen LogP contribution in [0, 0.1) is 28.9 Å². The summed E-state index contributed by atoms with van der Waals surface area (Å²) in [7, 11) is 0. The number of benzene rings is 2. The average molecular weight is 394 g/mol. The summed E-state index contributed by atoms with van der Waals surface area (Å²) in [6.45, 7) is 1.86. The molecule has 8 nitrogen and oxygen atoms in total. The number of imide groups is 1. The molecule has 2 bridgehead atoms. The van der Waals surface area contributed by atoms with Crippen LogP contribution in [-0.2, 0) is 14.3 Å². The topological polar surface area (TPSA) is 99.0 Å². The van der Waals surface area contributed by atoms with Gasteiger partial charge in [-0.3, -0.25) is 19.7 Å². The van der Waals surface area contributed by atoms with E-state index >= 15 is 0 Å². The third kappa shape index (κ3) is 2.71. The van der Waals surface area contributed by atoms with Gasteiger partial charge < -0.3 is 9.47 Å². The molecule has 2 amide bonds. The van der Waals surface area contributed by atoms with E-state index in [9.17, 15) is 19.7 Å². The lowest BCUT2D eigenvalue weighted by Crippen LogP contribution is -2.34. The number of rotatable bonds is 4. The SMILES string of the molecule is Cc1ccccc1Oc1cc(N2C(=O)[C@@H]3[C@H](C2=O)[C@H]2CC[C@@H]3O2)cc([N+](=O)[O-])c1. The summed E-state index contributed by atoms with van der Waals surface area (Å²) in [6.07, 6.45) is 1.03. The fourth-order valence-corrected chi connectivity index (χ4v) is 4.63. The second kappa shape index (κ2) is 6.38. The van der Waals surface area contributed by atoms with Crippen molar-refractivity contribution < 1.29 is 24.0 Å². The van der Waals surface area contributed by atoms with Crippen LogP contribution in [0.15, 0.2) is 42.5 Å². The van der Waals surface area contributed by atoms with E-state index in [0.29, 0.717) is 5.75 Å². The van der Waals surface area contributed by atoms with Crippen molar-refractivity contribution in [3.8, 4) is 11.5 Å². The molecule has 3 heterocycles. The van der Waals surface area contributed by atoms with Gasteiger partial charge in [0.2, 0.25) is 11.8 Å². The van der Waals surface area contributed by atoms with Crippen molar-refractivity contribution in [2.24, 2.45) is 11.8 Å². The number of hydrogen-bond acceptors (Lipinski definition) is 6. The maximum Gasteiger partial charge on any atom is 0.275 e. The summed E-state index contributed by atoms with van der Waals surface area (Å²) < 4.78 is 11.6. The molecule has 0 aromatic heterocycles. The Morgan fingerprint density at radius 2 is 1.72 bits per heavy atom. The molecule has 0 aliphatic carbocycles. The van der Waals surface area contributed by atoms with E-state index < -0.39 is 16.8 Å². The zero-order chi connectivity index (χ0) is 20.3. The maximum absolute atomic E-state index is 13.0. The standard InChI is InChI=1S/C21H18N2O6/c1-11-4-2-3-5-15(11)28-14-9-12(8-13(10-14)23(26)27)22-20(24)18-16-6-7-17(29-16)19(18)21(22)25/h2-5,8-10,16-19H,6-7H2,1H3/t16-,17+,18-,19+. The fourth-order valence-electron chi connectivity index (χ4n) is 4.63. The quantitative estimate of drug-likeness (QED) is 0.448. The molecule has 4 atom stereocenters. The van der Waals surface area contributed by atoms with Crippen LogP contribution in [-0.4, -0.2) is 28.9 Å². The fraction of sp³-hybridized carbons (Fsp3) is 0.333. The number of anilines is 1. The zero-order valence-corrected chi connectivity index (χ0v) is 15.6. The van der Waals surface area contributed by atoms with Crippen LogP contribution in [0.25, 0.3) is 0 Å². The first-order valence-electron chi connectivity index (χ1n) is 9.50.